The highest BCUT2D eigenvalue weighted by Crippen LogP contribution is 2.43. The van der Waals surface area contributed by atoms with Gasteiger partial charge in [-0.15, -0.1) is 22.7 Å². The van der Waals surface area contributed by atoms with Crippen LogP contribution in [-0.2, 0) is 0 Å². The van der Waals surface area contributed by atoms with Crippen LogP contribution in [0.1, 0.15) is 0 Å². The SMILES string of the molecule is c1ccc(B(c2ccccc2)c2ccc3c(c2)sc2c4ccc(B(c5ccccc5)c5ccccc5)cc4sc32)cc1. The molecular weight excluding hydrogens is 542 g/mol. The first kappa shape index (κ1) is 25.3. The molecule has 0 amide bonds. The molecule has 0 bridgehead atoms. The van der Waals surface area contributed by atoms with Crippen molar-refractivity contribution >= 4 is 98.4 Å². The van der Waals surface area contributed by atoms with Gasteiger partial charge in [-0.1, -0.05) is 178 Å². The van der Waals surface area contributed by atoms with Crippen molar-refractivity contribution < 1.29 is 0 Å². The van der Waals surface area contributed by atoms with Gasteiger partial charge in [-0.25, -0.2) is 0 Å². The quantitative estimate of drug-likeness (QED) is 0.207. The van der Waals surface area contributed by atoms with E-state index in [1.165, 1.54) is 62.3 Å². The molecule has 6 aromatic carbocycles. The van der Waals surface area contributed by atoms with Gasteiger partial charge in [-0.05, 0) is 12.1 Å². The smallest absolute Gasteiger partial charge is 0.134 e. The molecule has 42 heavy (non-hydrogen) atoms. The normalized spacial score (nSPS) is 11.3. The van der Waals surface area contributed by atoms with E-state index in [2.05, 4.69) is 158 Å². The van der Waals surface area contributed by atoms with Crippen molar-refractivity contribution in [1.82, 2.24) is 0 Å². The average molecular weight is 568 g/mol. The van der Waals surface area contributed by atoms with Crippen molar-refractivity contribution in [2.24, 2.45) is 0 Å². The number of fused-ring (bicyclic) bond motifs is 5. The Kier molecular flexibility index (Phi) is 6.52. The molecular formula is C38H26B2S2. The molecule has 0 fully saturated rings. The van der Waals surface area contributed by atoms with Gasteiger partial charge in [-0.3, -0.25) is 0 Å². The van der Waals surface area contributed by atoms with Crippen LogP contribution in [0.25, 0.3) is 29.6 Å². The highest BCUT2D eigenvalue weighted by Gasteiger charge is 2.24. The van der Waals surface area contributed by atoms with Crippen molar-refractivity contribution in [3.63, 3.8) is 0 Å². The van der Waals surface area contributed by atoms with Gasteiger partial charge in [0.15, 0.2) is 0 Å². The summed E-state index contributed by atoms with van der Waals surface area (Å²) in [6, 6.07) is 57.8. The molecule has 0 aliphatic rings. The molecule has 0 unspecified atom stereocenters. The van der Waals surface area contributed by atoms with Crippen LogP contribution in [0.15, 0.2) is 158 Å². The van der Waals surface area contributed by atoms with Crippen LogP contribution in [0, 0.1) is 0 Å². The van der Waals surface area contributed by atoms with Crippen LogP contribution < -0.4 is 32.8 Å². The number of benzene rings is 6. The lowest BCUT2D eigenvalue weighted by molar-refractivity contribution is 1.73. The van der Waals surface area contributed by atoms with Crippen LogP contribution >= 0.6 is 22.7 Å². The molecule has 0 N–H and O–H groups in total. The Morgan fingerprint density at radius 3 is 0.929 bits per heavy atom. The van der Waals surface area contributed by atoms with Crippen molar-refractivity contribution in [1.29, 1.82) is 0 Å². The Balaban J connectivity index is 1.24. The van der Waals surface area contributed by atoms with Crippen molar-refractivity contribution in [3.05, 3.63) is 158 Å². The zero-order chi connectivity index (χ0) is 27.9. The lowest BCUT2D eigenvalue weighted by Gasteiger charge is -2.15. The molecule has 8 aromatic rings. The van der Waals surface area contributed by atoms with E-state index in [1.807, 2.05) is 22.7 Å². The summed E-state index contributed by atoms with van der Waals surface area (Å²) in [5.74, 6) is 0. The minimum absolute atomic E-state index is 0.212. The summed E-state index contributed by atoms with van der Waals surface area (Å²) < 4.78 is 5.53. The lowest BCUT2D eigenvalue weighted by atomic mass is 9.37. The van der Waals surface area contributed by atoms with E-state index in [1.54, 1.807) is 0 Å². The molecule has 0 radical (unpaired) electrons. The third kappa shape index (κ3) is 4.48. The van der Waals surface area contributed by atoms with E-state index in [9.17, 15) is 0 Å². The fourth-order valence-electron chi connectivity index (χ4n) is 6.38. The second kappa shape index (κ2) is 10.8. The molecule has 0 spiro atoms. The third-order valence-electron chi connectivity index (χ3n) is 8.33. The maximum atomic E-state index is 2.43. The van der Waals surface area contributed by atoms with Crippen LogP contribution in [0.2, 0.25) is 0 Å². The van der Waals surface area contributed by atoms with Gasteiger partial charge in [0.25, 0.3) is 0 Å². The van der Waals surface area contributed by atoms with Crippen LogP contribution in [0.4, 0.5) is 0 Å². The Morgan fingerprint density at radius 1 is 0.310 bits per heavy atom. The summed E-state index contributed by atoms with van der Waals surface area (Å²) in [6.07, 6.45) is 0. The molecule has 0 aliphatic carbocycles. The van der Waals surface area contributed by atoms with Crippen LogP contribution in [-0.4, -0.2) is 13.4 Å². The van der Waals surface area contributed by atoms with Gasteiger partial charge in [0.1, 0.15) is 0 Å². The Hall–Kier alpha value is -4.37. The second-order valence-electron chi connectivity index (χ2n) is 10.9. The number of hydrogen-bond acceptors (Lipinski definition) is 2. The van der Waals surface area contributed by atoms with Gasteiger partial charge in [-0.2, -0.15) is 0 Å². The first-order chi connectivity index (χ1) is 20.8. The summed E-state index contributed by atoms with van der Waals surface area (Å²) in [4.78, 5) is 0. The van der Waals surface area contributed by atoms with Crippen molar-refractivity contribution in [2.75, 3.05) is 0 Å². The van der Waals surface area contributed by atoms with Gasteiger partial charge >= 0.3 is 0 Å². The first-order valence-electron chi connectivity index (χ1n) is 14.4. The molecule has 0 saturated carbocycles. The summed E-state index contributed by atoms with van der Waals surface area (Å²) >= 11 is 3.87. The van der Waals surface area contributed by atoms with Crippen molar-refractivity contribution in [3.8, 4) is 0 Å². The maximum Gasteiger partial charge on any atom is 0.241 e. The standard InChI is InChI=1S/C38H26B2S2/c1-5-13-27(14-6-1)39(28-15-7-2-8-16-28)31-21-23-33-35(25-31)41-38-34-24-22-32(26-36(34)42-37(33)38)40(29-17-9-3-10-18-29)30-19-11-4-12-20-30/h1-26H. The molecule has 0 atom stereocenters. The minimum Gasteiger partial charge on any atom is -0.134 e. The van der Waals surface area contributed by atoms with Gasteiger partial charge < -0.3 is 0 Å². The first-order valence-corrected chi connectivity index (χ1v) is 16.1. The van der Waals surface area contributed by atoms with E-state index < -0.39 is 0 Å². The topological polar surface area (TPSA) is 0 Å². The molecule has 2 aromatic heterocycles. The van der Waals surface area contributed by atoms with Gasteiger partial charge in [0.05, 0.1) is 9.40 Å². The molecule has 8 rings (SSSR count). The Bertz CT molecular complexity index is 1900. The summed E-state index contributed by atoms with van der Waals surface area (Å²) in [6.45, 7) is 0.424. The molecule has 0 aliphatic heterocycles. The lowest BCUT2D eigenvalue weighted by Crippen LogP contribution is -2.51. The zero-order valence-corrected chi connectivity index (χ0v) is 24.6. The molecule has 2 heterocycles. The summed E-state index contributed by atoms with van der Waals surface area (Å²) in [5, 5.41) is 2.73. The van der Waals surface area contributed by atoms with Gasteiger partial charge in [0.2, 0.25) is 13.4 Å². The highest BCUT2D eigenvalue weighted by molar-refractivity contribution is 7.36. The predicted octanol–water partition coefficient (Wildman–Crippen LogP) is 6.30. The average Bonchev–Trinajstić information content (AvgIpc) is 3.59. The third-order valence-corrected chi connectivity index (χ3v) is 10.8. The fourth-order valence-corrected chi connectivity index (χ4v) is 9.14. The van der Waals surface area contributed by atoms with E-state index in [4.69, 9.17) is 0 Å². The Morgan fingerprint density at radius 2 is 0.619 bits per heavy atom. The number of rotatable bonds is 6. The number of thiophene rings is 2. The zero-order valence-electron chi connectivity index (χ0n) is 23.0. The molecule has 196 valence electrons. The minimum atomic E-state index is 0.212. The highest BCUT2D eigenvalue weighted by atomic mass is 32.1. The van der Waals surface area contributed by atoms with E-state index in [-0.39, 0.29) is 13.4 Å². The maximum absolute atomic E-state index is 2.43. The largest absolute Gasteiger partial charge is 0.241 e. The van der Waals surface area contributed by atoms with Crippen molar-refractivity contribution in [2.45, 2.75) is 0 Å². The predicted molar refractivity (Wildman–Crippen MR) is 190 cm³/mol. The summed E-state index contributed by atoms with van der Waals surface area (Å²) in [7, 11) is 0. The van der Waals surface area contributed by atoms with E-state index in [0.29, 0.717) is 0 Å². The Labute approximate surface area is 255 Å². The second-order valence-corrected chi connectivity index (χ2v) is 13.0. The van der Waals surface area contributed by atoms with Crippen LogP contribution in [0.3, 0.4) is 0 Å². The number of hydrogen-bond donors (Lipinski definition) is 0. The molecule has 0 nitrogen and oxygen atoms in total. The summed E-state index contributed by atoms with van der Waals surface area (Å²) in [5.41, 5.74) is 7.98. The molecule has 0 saturated heterocycles. The van der Waals surface area contributed by atoms with Crippen LogP contribution in [0.5, 0.6) is 0 Å². The fraction of sp³-hybridized carbons (Fsp3) is 0. The molecule has 4 heteroatoms. The monoisotopic (exact) mass is 568 g/mol. The van der Waals surface area contributed by atoms with Gasteiger partial charge in [0, 0.05) is 20.2 Å². The van der Waals surface area contributed by atoms with E-state index >= 15 is 0 Å². The van der Waals surface area contributed by atoms with E-state index in [0.717, 1.165) is 0 Å².